The Morgan fingerprint density at radius 2 is 0.884 bits per heavy atom. The Balaban J connectivity index is 0.000000108. The number of nitrogens with zero attached hydrogens (tertiary/aromatic N) is 9. The number of hydrogen-bond donors (Lipinski definition) is 0. The summed E-state index contributed by atoms with van der Waals surface area (Å²) in [6.07, 6.45) is 56.9. The first-order valence-corrected chi connectivity index (χ1v) is 44.7. The molecule has 600 valence electrons. The highest BCUT2D eigenvalue weighted by atomic mass is 16.5. The lowest BCUT2D eigenvalue weighted by atomic mass is 9.48. The number of aryl methyl sites for hydroxylation is 1. The first-order valence-electron chi connectivity index (χ1n) is 44.7. The summed E-state index contributed by atoms with van der Waals surface area (Å²) in [7, 11) is 1.70. The molecule has 0 aromatic carbocycles. The van der Waals surface area contributed by atoms with Crippen LogP contribution in [0.1, 0.15) is 278 Å². The van der Waals surface area contributed by atoms with Gasteiger partial charge in [0, 0.05) is 106 Å². The number of fused-ring (bicyclic) bond motifs is 20. The van der Waals surface area contributed by atoms with Crippen molar-refractivity contribution in [1.29, 1.82) is 0 Å². The fraction of sp³-hybridized carbons (Fsp3) is 0.680. The second kappa shape index (κ2) is 29.6. The van der Waals surface area contributed by atoms with E-state index >= 15 is 0 Å². The molecule has 20 rings (SSSR count). The molecule has 5 saturated carbocycles. The predicted molar refractivity (Wildman–Crippen MR) is 442 cm³/mol. The van der Waals surface area contributed by atoms with E-state index < -0.39 is 0 Å². The van der Waals surface area contributed by atoms with Gasteiger partial charge in [0.25, 0.3) is 0 Å². The SMILES string of the molecule is CCOc1cncc(C2=CC[C@H]3[C@@H]4CCC(=O)N5CCC[C@]5(C)C4CC[C@]23C)c1.CCc1cncc(C2=CC[C@H]3[C@@H]4CCC5N(C(C)=O)CC[C@]5(C)[C@H]4CC[C@]23C)n1.COc1cncc(C2=CC[C@H]3[C@@H]4CCC(=O)N5CCC[C@]5(C)C4CC[C@]23C)c1.C[C@]12CCC3[C@@H](CCC(=O)N4CCC[C@]34C)[C@@H]1CC=C2c1cccnc1. The third-order valence-corrected chi connectivity index (χ3v) is 35.4. The Kier molecular flexibility index (Phi) is 20.5. The van der Waals surface area contributed by atoms with Crippen molar-refractivity contribution in [1.82, 2.24) is 44.5 Å². The van der Waals surface area contributed by atoms with Crippen molar-refractivity contribution in [3.63, 3.8) is 0 Å². The van der Waals surface area contributed by atoms with Gasteiger partial charge in [0.15, 0.2) is 0 Å². The molecule has 0 bridgehead atoms. The predicted octanol–water partition coefficient (Wildman–Crippen LogP) is 19.4. The average molecular weight is 1520 g/mol. The van der Waals surface area contributed by atoms with Crippen molar-refractivity contribution >= 4 is 45.9 Å². The van der Waals surface area contributed by atoms with E-state index in [9.17, 15) is 19.2 Å². The van der Waals surface area contributed by atoms with Gasteiger partial charge < -0.3 is 29.1 Å². The molecular weight excluding hydrogens is 1390 g/mol. The highest BCUT2D eigenvalue weighted by molar-refractivity contribution is 5.81. The monoisotopic (exact) mass is 1520 g/mol. The van der Waals surface area contributed by atoms with Gasteiger partial charge >= 0.3 is 0 Å². The van der Waals surface area contributed by atoms with E-state index in [1.807, 2.05) is 50.3 Å². The summed E-state index contributed by atoms with van der Waals surface area (Å²) in [6, 6.07) is 9.04. The molecule has 112 heavy (non-hydrogen) atoms. The van der Waals surface area contributed by atoms with Gasteiger partial charge in [0.1, 0.15) is 11.5 Å². The van der Waals surface area contributed by atoms with Gasteiger partial charge in [-0.2, -0.15) is 0 Å². The van der Waals surface area contributed by atoms with E-state index in [0.717, 1.165) is 119 Å². The Morgan fingerprint density at radius 3 is 1.34 bits per heavy atom. The quantitative estimate of drug-likeness (QED) is 0.165. The fourth-order valence-corrected chi connectivity index (χ4v) is 29.9. The normalized spacial score (nSPS) is 40.2. The zero-order chi connectivity index (χ0) is 78.1. The lowest BCUT2D eigenvalue weighted by Crippen LogP contribution is -2.54. The minimum Gasteiger partial charge on any atom is -0.495 e. The first kappa shape index (κ1) is 77.5. The van der Waals surface area contributed by atoms with Crippen molar-refractivity contribution in [2.45, 2.75) is 279 Å². The average Bonchev–Trinajstić information content (AvgIpc) is 1.54. The number of aromatic nitrogens is 5. The maximum absolute atomic E-state index is 12.9. The zero-order valence-electron chi connectivity index (χ0n) is 70.1. The number of carbonyl (C=O) groups is 4. The van der Waals surface area contributed by atoms with Crippen LogP contribution in [-0.4, -0.2) is 131 Å². The molecule has 7 saturated heterocycles. The summed E-state index contributed by atoms with van der Waals surface area (Å²) in [4.78, 5) is 82.4. The smallest absolute Gasteiger partial charge is 0.223 e. The molecule has 15 heteroatoms. The number of methoxy groups -OCH3 is 1. The summed E-state index contributed by atoms with van der Waals surface area (Å²) in [5, 5.41) is 0. The summed E-state index contributed by atoms with van der Waals surface area (Å²) < 4.78 is 11.1. The molecule has 4 unspecified atom stereocenters. The fourth-order valence-electron chi connectivity index (χ4n) is 29.9. The number of amides is 4. The molecule has 9 aliphatic carbocycles. The number of pyridine rings is 3. The molecule has 0 radical (unpaired) electrons. The minimum atomic E-state index is 0.0821. The molecular formula is C97H131N9O6. The van der Waals surface area contributed by atoms with Crippen molar-refractivity contribution in [3.05, 3.63) is 126 Å². The highest BCUT2D eigenvalue weighted by Crippen LogP contribution is 2.70. The van der Waals surface area contributed by atoms with Crippen LogP contribution in [0.5, 0.6) is 11.5 Å². The molecule has 0 spiro atoms. The summed E-state index contributed by atoms with van der Waals surface area (Å²) in [5.74, 6) is 11.3. The van der Waals surface area contributed by atoms with Crippen LogP contribution < -0.4 is 9.47 Å². The number of carbonyl (C=O) groups excluding carboxylic acids is 4. The molecule has 15 nitrogen and oxygen atoms in total. The zero-order valence-corrected chi connectivity index (χ0v) is 70.1. The maximum atomic E-state index is 12.9. The summed E-state index contributed by atoms with van der Waals surface area (Å²) in [6.45, 7) is 30.1. The summed E-state index contributed by atoms with van der Waals surface area (Å²) in [5.41, 5.74) is 13.2. The van der Waals surface area contributed by atoms with Crippen LogP contribution in [0.4, 0.5) is 0 Å². The second-order valence-electron chi connectivity index (χ2n) is 39.9. The number of ether oxygens (including phenoxy) is 2. The van der Waals surface area contributed by atoms with E-state index in [1.165, 1.54) is 161 Å². The van der Waals surface area contributed by atoms with Crippen molar-refractivity contribution in [2.24, 2.45) is 98.1 Å². The Labute approximate surface area is 669 Å². The van der Waals surface area contributed by atoms with Gasteiger partial charge in [0.2, 0.25) is 23.6 Å². The van der Waals surface area contributed by atoms with Crippen LogP contribution in [0.3, 0.4) is 0 Å². The second-order valence-corrected chi connectivity index (χ2v) is 39.9. The van der Waals surface area contributed by atoms with Crippen LogP contribution in [0.2, 0.25) is 0 Å². The molecule has 4 aromatic heterocycles. The standard InChI is InChI=1S/C25H35N3O.C25H34N2O2.C24H32N2O2.C23H30N2O/c1-5-17-14-26-15-22(27-17)21-8-7-19-18-6-9-23-25(4,12-13-28(23)16(2)29)20(18)10-11-24(19,21)3;1-4-29-18-14-17(15-26-16-18)20-7-8-21-19-6-9-23(28)27-13-5-11-25(27,3)22(19)10-12-24(20,21)2;1-23-11-9-21-18(5-8-22(27)26-12-4-10-24(21,26)2)20(23)7-6-19(23)16-13-17(28-3)15-25-14-16;1-22-12-10-20-17(6-9-21(26)25-14-4-11-23(20,25)2)19(22)8-7-18(22)16-5-3-13-24-15-16/h8,14-15,18-20,23H,5-7,9-13H2,1-4H3;7,14-16,19,21-22H,4-6,8-13H2,1-3H3;6,13-15,18,20-21H,4-5,7-12H2,1-3H3;3,5,7,13,15,17,19-20H,4,6,8-12,14H2,1-2H3/t18-,19-,20-,23?,24-,25+;19-,21-,22?,24+,25+;18-,20-,21?,23+,24+;17-,19-,20?,22+,23+/m0000/s1. The minimum absolute atomic E-state index is 0.0821. The third-order valence-electron chi connectivity index (χ3n) is 35.4. The van der Waals surface area contributed by atoms with Crippen molar-refractivity contribution in [3.8, 4) is 11.5 Å². The highest BCUT2D eigenvalue weighted by Gasteiger charge is 2.64. The Morgan fingerprint density at radius 1 is 0.455 bits per heavy atom. The van der Waals surface area contributed by atoms with Gasteiger partial charge in [-0.15, -0.1) is 0 Å². The number of likely N-dealkylation sites (tertiary alicyclic amines) is 1. The first-order chi connectivity index (χ1) is 53.9. The van der Waals surface area contributed by atoms with Gasteiger partial charge in [-0.3, -0.25) is 39.1 Å². The maximum Gasteiger partial charge on any atom is 0.223 e. The van der Waals surface area contributed by atoms with E-state index in [0.29, 0.717) is 95.0 Å². The van der Waals surface area contributed by atoms with Crippen LogP contribution >= 0.6 is 0 Å². The van der Waals surface area contributed by atoms with Crippen LogP contribution in [0, 0.1) is 98.1 Å². The molecule has 4 amide bonds. The molecule has 7 aliphatic heterocycles. The van der Waals surface area contributed by atoms with Gasteiger partial charge in [0.05, 0.1) is 43.7 Å². The molecule has 16 aliphatic rings. The van der Waals surface area contributed by atoms with E-state index in [1.54, 1.807) is 20.2 Å². The lowest BCUT2D eigenvalue weighted by molar-refractivity contribution is -0.136. The largest absolute Gasteiger partial charge is 0.495 e. The number of hydrogen-bond acceptors (Lipinski definition) is 11. The topological polar surface area (TPSA) is 164 Å². The molecule has 4 aromatic rings. The lowest BCUT2D eigenvalue weighted by Gasteiger charge is -2.57. The Bertz CT molecular complexity index is 4400. The van der Waals surface area contributed by atoms with Crippen molar-refractivity contribution < 1.29 is 28.7 Å². The third kappa shape index (κ3) is 12.5. The van der Waals surface area contributed by atoms with Crippen LogP contribution in [-0.2, 0) is 25.6 Å². The van der Waals surface area contributed by atoms with E-state index in [2.05, 4.69) is 150 Å². The summed E-state index contributed by atoms with van der Waals surface area (Å²) >= 11 is 0. The van der Waals surface area contributed by atoms with Gasteiger partial charge in [-0.05, 0) is 343 Å². The number of rotatable bonds is 8. The van der Waals surface area contributed by atoms with Crippen LogP contribution in [0.15, 0.2) is 98.1 Å². The van der Waals surface area contributed by atoms with E-state index in [4.69, 9.17) is 14.5 Å². The van der Waals surface area contributed by atoms with E-state index in [-0.39, 0.29) is 44.2 Å². The molecule has 21 atom stereocenters. The van der Waals surface area contributed by atoms with Gasteiger partial charge in [-0.25, -0.2) is 4.98 Å². The van der Waals surface area contributed by atoms with Gasteiger partial charge in [-0.1, -0.05) is 71.9 Å². The van der Waals surface area contributed by atoms with Crippen LogP contribution in [0.25, 0.3) is 22.3 Å². The molecule has 12 fully saturated rings. The Hall–Kier alpha value is -7.03. The molecule has 0 N–H and O–H groups in total. The number of allylic oxidation sites excluding steroid dienone is 8. The van der Waals surface area contributed by atoms with Crippen molar-refractivity contribution in [2.75, 3.05) is 39.9 Å². The molecule has 11 heterocycles.